The van der Waals surface area contributed by atoms with Gasteiger partial charge in [0.2, 0.25) is 0 Å². The molecule has 9 heteroatoms. The van der Waals surface area contributed by atoms with Crippen LogP contribution in [0, 0.1) is 0 Å². The molecule has 0 bridgehead atoms. The number of anilines is 3. The molecule has 3 aromatic carbocycles. The van der Waals surface area contributed by atoms with Crippen LogP contribution < -0.4 is 16.0 Å². The third-order valence-electron chi connectivity index (χ3n) is 6.08. The average molecular weight is 485 g/mol. The first-order chi connectivity index (χ1) is 17.5. The Balaban J connectivity index is 1.20. The Labute approximate surface area is 207 Å². The quantitative estimate of drug-likeness (QED) is 0.450. The zero-order chi connectivity index (χ0) is 25.1. The lowest BCUT2D eigenvalue weighted by Crippen LogP contribution is -2.36. The van der Waals surface area contributed by atoms with E-state index in [1.807, 2.05) is 18.2 Å². The summed E-state index contributed by atoms with van der Waals surface area (Å²) >= 11 is 0. The summed E-state index contributed by atoms with van der Waals surface area (Å²) in [7, 11) is 0. The van der Waals surface area contributed by atoms with E-state index >= 15 is 0 Å². The Morgan fingerprint density at radius 3 is 2.11 bits per heavy atom. The van der Waals surface area contributed by atoms with E-state index in [1.165, 1.54) is 23.1 Å². The normalized spacial score (nSPS) is 16.6. The van der Waals surface area contributed by atoms with Gasteiger partial charge >= 0.3 is 6.03 Å². The minimum absolute atomic E-state index is 0.142. The predicted molar refractivity (Wildman–Crippen MR) is 134 cm³/mol. The van der Waals surface area contributed by atoms with Gasteiger partial charge in [0.15, 0.2) is 0 Å². The second kappa shape index (κ2) is 10.0. The summed E-state index contributed by atoms with van der Waals surface area (Å²) in [6.07, 6.45) is 1.58. The van der Waals surface area contributed by atoms with Crippen molar-refractivity contribution < 1.29 is 23.9 Å². The van der Waals surface area contributed by atoms with Gasteiger partial charge in [-0.2, -0.15) is 0 Å². The standard InChI is InChI=1S/C27H24N4O5/c32-24(28-19-9-11-20(12-10-19)30-27(35)29-18-5-2-1-3-6-18)17-8-13-22-23(15-17)26(34)31(25(22)33)16-21-7-4-14-36-21/h1-3,5-6,8-13,15,21H,4,7,14,16H2,(H,28,32)(H2,29,30,35)/t21-/m0/s1. The molecule has 3 aromatic rings. The molecule has 5 amide bonds. The summed E-state index contributed by atoms with van der Waals surface area (Å²) in [6, 6.07) is 19.8. The molecule has 0 radical (unpaired) electrons. The number of carbonyl (C=O) groups is 4. The molecule has 182 valence electrons. The summed E-state index contributed by atoms with van der Waals surface area (Å²) < 4.78 is 5.56. The Kier molecular flexibility index (Phi) is 6.46. The van der Waals surface area contributed by atoms with Crippen LogP contribution >= 0.6 is 0 Å². The van der Waals surface area contributed by atoms with Crippen LogP contribution in [0.15, 0.2) is 72.8 Å². The number of urea groups is 1. The van der Waals surface area contributed by atoms with E-state index < -0.39 is 11.8 Å². The highest BCUT2D eigenvalue weighted by atomic mass is 16.5. The molecule has 0 unspecified atom stereocenters. The van der Waals surface area contributed by atoms with Gasteiger partial charge in [0.25, 0.3) is 17.7 Å². The SMILES string of the molecule is O=C(Nc1ccccc1)Nc1ccc(NC(=O)c2ccc3c(c2)C(=O)N(C[C@@H]2CCCO2)C3=O)cc1. The van der Waals surface area contributed by atoms with Crippen molar-refractivity contribution in [1.82, 2.24) is 4.90 Å². The summed E-state index contributed by atoms with van der Waals surface area (Å²) in [4.78, 5) is 51.7. The smallest absolute Gasteiger partial charge is 0.323 e. The Hall–Kier alpha value is -4.50. The highest BCUT2D eigenvalue weighted by Gasteiger charge is 2.37. The maximum Gasteiger partial charge on any atom is 0.323 e. The van der Waals surface area contributed by atoms with Crippen molar-refractivity contribution in [3.63, 3.8) is 0 Å². The van der Waals surface area contributed by atoms with E-state index in [1.54, 1.807) is 36.4 Å². The molecule has 2 heterocycles. The minimum atomic E-state index is -0.418. The van der Waals surface area contributed by atoms with Gasteiger partial charge in [-0.05, 0) is 67.4 Å². The number of hydrogen-bond acceptors (Lipinski definition) is 5. The van der Waals surface area contributed by atoms with Crippen molar-refractivity contribution >= 4 is 40.8 Å². The first kappa shape index (κ1) is 23.3. The lowest BCUT2D eigenvalue weighted by molar-refractivity contribution is 0.0475. The van der Waals surface area contributed by atoms with Gasteiger partial charge < -0.3 is 20.7 Å². The maximum atomic E-state index is 12.8. The van der Waals surface area contributed by atoms with E-state index in [9.17, 15) is 19.2 Å². The number of carbonyl (C=O) groups excluding carboxylic acids is 4. The second-order valence-corrected chi connectivity index (χ2v) is 8.59. The van der Waals surface area contributed by atoms with Crippen molar-refractivity contribution in [3.05, 3.63) is 89.5 Å². The van der Waals surface area contributed by atoms with E-state index in [2.05, 4.69) is 16.0 Å². The van der Waals surface area contributed by atoms with Crippen LogP contribution in [0.3, 0.4) is 0 Å². The fourth-order valence-corrected chi connectivity index (χ4v) is 4.24. The zero-order valence-electron chi connectivity index (χ0n) is 19.3. The van der Waals surface area contributed by atoms with Crippen molar-refractivity contribution in [2.24, 2.45) is 0 Å². The number of benzene rings is 3. The first-order valence-corrected chi connectivity index (χ1v) is 11.6. The first-order valence-electron chi connectivity index (χ1n) is 11.6. The molecule has 1 fully saturated rings. The molecular weight excluding hydrogens is 460 g/mol. The maximum absolute atomic E-state index is 12.8. The van der Waals surface area contributed by atoms with Gasteiger partial charge in [-0.3, -0.25) is 19.3 Å². The molecule has 1 atom stereocenters. The van der Waals surface area contributed by atoms with Crippen molar-refractivity contribution in [1.29, 1.82) is 0 Å². The number of rotatable bonds is 6. The number of nitrogens with zero attached hydrogens (tertiary/aromatic N) is 1. The number of hydrogen-bond donors (Lipinski definition) is 3. The minimum Gasteiger partial charge on any atom is -0.376 e. The largest absolute Gasteiger partial charge is 0.376 e. The monoisotopic (exact) mass is 484 g/mol. The Morgan fingerprint density at radius 1 is 0.806 bits per heavy atom. The van der Waals surface area contributed by atoms with Crippen LogP contribution in [-0.4, -0.2) is 47.9 Å². The second-order valence-electron chi connectivity index (χ2n) is 8.59. The predicted octanol–water partition coefficient (Wildman–Crippen LogP) is 4.36. The molecule has 2 aliphatic heterocycles. The molecule has 0 aromatic heterocycles. The number of ether oxygens (including phenoxy) is 1. The molecular formula is C27H24N4O5. The zero-order valence-corrected chi connectivity index (χ0v) is 19.3. The molecule has 0 spiro atoms. The number of fused-ring (bicyclic) bond motifs is 1. The van der Waals surface area contributed by atoms with Gasteiger partial charge in [-0.15, -0.1) is 0 Å². The molecule has 0 saturated carbocycles. The molecule has 5 rings (SSSR count). The summed E-state index contributed by atoms with van der Waals surface area (Å²) in [5, 5.41) is 8.22. The van der Waals surface area contributed by atoms with Gasteiger partial charge in [0, 0.05) is 29.2 Å². The van der Waals surface area contributed by atoms with Crippen LogP contribution in [0.2, 0.25) is 0 Å². The Morgan fingerprint density at radius 2 is 1.44 bits per heavy atom. The van der Waals surface area contributed by atoms with E-state index in [-0.39, 0.29) is 35.7 Å². The molecule has 0 aliphatic carbocycles. The average Bonchev–Trinajstić information content (AvgIpc) is 3.48. The lowest BCUT2D eigenvalue weighted by Gasteiger charge is -2.17. The highest BCUT2D eigenvalue weighted by molar-refractivity contribution is 6.22. The Bertz CT molecular complexity index is 1320. The number of amides is 5. The fraction of sp³-hybridized carbons (Fsp3) is 0.185. The topological polar surface area (TPSA) is 117 Å². The van der Waals surface area contributed by atoms with Gasteiger partial charge in [0.1, 0.15) is 0 Å². The number of para-hydroxylation sites is 1. The summed E-state index contributed by atoms with van der Waals surface area (Å²) in [5.41, 5.74) is 2.50. The van der Waals surface area contributed by atoms with Crippen LogP contribution in [-0.2, 0) is 4.74 Å². The molecule has 9 nitrogen and oxygen atoms in total. The van der Waals surface area contributed by atoms with Crippen LogP contribution in [0.1, 0.15) is 43.9 Å². The highest BCUT2D eigenvalue weighted by Crippen LogP contribution is 2.26. The third-order valence-corrected chi connectivity index (χ3v) is 6.08. The molecule has 2 aliphatic rings. The van der Waals surface area contributed by atoms with Gasteiger partial charge in [0.05, 0.1) is 23.8 Å². The molecule has 3 N–H and O–H groups in total. The lowest BCUT2D eigenvalue weighted by atomic mass is 10.1. The van der Waals surface area contributed by atoms with Crippen molar-refractivity contribution in [3.8, 4) is 0 Å². The van der Waals surface area contributed by atoms with E-state index in [4.69, 9.17) is 4.74 Å². The van der Waals surface area contributed by atoms with Crippen LogP contribution in [0.4, 0.5) is 21.9 Å². The molecule has 36 heavy (non-hydrogen) atoms. The van der Waals surface area contributed by atoms with Crippen molar-refractivity contribution in [2.45, 2.75) is 18.9 Å². The van der Waals surface area contributed by atoms with Crippen molar-refractivity contribution in [2.75, 3.05) is 29.1 Å². The number of imide groups is 1. The van der Waals surface area contributed by atoms with Crippen LogP contribution in [0.25, 0.3) is 0 Å². The molecule has 1 saturated heterocycles. The fourth-order valence-electron chi connectivity index (χ4n) is 4.24. The third kappa shape index (κ3) is 4.96. The van der Waals surface area contributed by atoms with E-state index in [0.29, 0.717) is 29.2 Å². The van der Waals surface area contributed by atoms with Crippen LogP contribution in [0.5, 0.6) is 0 Å². The van der Waals surface area contributed by atoms with E-state index in [0.717, 1.165) is 12.8 Å². The number of nitrogens with one attached hydrogen (secondary N) is 3. The summed E-state index contributed by atoms with van der Waals surface area (Å²) in [5.74, 6) is -1.20. The summed E-state index contributed by atoms with van der Waals surface area (Å²) in [6.45, 7) is 0.855. The van der Waals surface area contributed by atoms with Gasteiger partial charge in [-0.1, -0.05) is 18.2 Å². The van der Waals surface area contributed by atoms with Gasteiger partial charge in [-0.25, -0.2) is 4.79 Å².